The molecule has 0 aliphatic rings. The van der Waals surface area contributed by atoms with E-state index in [0.29, 0.717) is 21.8 Å². The molecule has 0 aliphatic carbocycles. The first kappa shape index (κ1) is 22.4. The molecule has 2 N–H and O–H groups in total. The fourth-order valence-corrected chi connectivity index (χ4v) is 4.10. The number of aromatic nitrogens is 1. The normalized spacial score (nSPS) is 11.7. The molecule has 0 fully saturated rings. The fourth-order valence-electron chi connectivity index (χ4n) is 3.00. The van der Waals surface area contributed by atoms with Crippen LogP contribution in [0.1, 0.15) is 66.7 Å². The van der Waals surface area contributed by atoms with Gasteiger partial charge < -0.3 is 19.8 Å². The Hall–Kier alpha value is -2.94. The number of nitrogens with one attached hydrogen (secondary N) is 2. The van der Waals surface area contributed by atoms with Crippen molar-refractivity contribution in [1.82, 2.24) is 4.98 Å². The van der Waals surface area contributed by atoms with Crippen LogP contribution in [0.2, 0.25) is 0 Å². The highest BCUT2D eigenvalue weighted by Gasteiger charge is 2.29. The summed E-state index contributed by atoms with van der Waals surface area (Å²) in [4.78, 5) is 52.6. The standard InChI is InChI=1S/C20H24N2O6S/c1-8-12(5)29-18(22-13(6)23)15(8)20(26)28-11(4)17(24)16-9(2)14(10(3)21-16)19(25)27-7/h11,21H,1-7H3,(H,22,23). The van der Waals surface area contributed by atoms with Crippen molar-refractivity contribution in [3.8, 4) is 0 Å². The fraction of sp³-hybridized carbons (Fsp3) is 0.400. The zero-order valence-corrected chi connectivity index (χ0v) is 18.3. The number of anilines is 1. The number of Topliss-reactive ketones (excluding diaryl/α,β-unsaturated/α-hetero) is 1. The average Bonchev–Trinajstić information content (AvgIpc) is 3.08. The first-order valence-electron chi connectivity index (χ1n) is 8.89. The number of carbonyl (C=O) groups excluding carboxylic acids is 4. The average molecular weight is 420 g/mol. The molecule has 2 aromatic heterocycles. The van der Waals surface area contributed by atoms with E-state index >= 15 is 0 Å². The molecule has 2 aromatic rings. The highest BCUT2D eigenvalue weighted by Crippen LogP contribution is 2.33. The quantitative estimate of drug-likeness (QED) is 0.546. The van der Waals surface area contributed by atoms with Crippen LogP contribution < -0.4 is 5.32 Å². The van der Waals surface area contributed by atoms with Gasteiger partial charge in [0.2, 0.25) is 11.7 Å². The second kappa shape index (κ2) is 8.60. The van der Waals surface area contributed by atoms with Crippen LogP contribution in [0.15, 0.2) is 0 Å². The minimum absolute atomic E-state index is 0.184. The number of carbonyl (C=O) groups is 4. The van der Waals surface area contributed by atoms with Crippen LogP contribution in [-0.2, 0) is 14.3 Å². The van der Waals surface area contributed by atoms with E-state index in [9.17, 15) is 19.2 Å². The summed E-state index contributed by atoms with van der Waals surface area (Å²) in [5, 5.41) is 3.01. The van der Waals surface area contributed by atoms with Crippen molar-refractivity contribution in [1.29, 1.82) is 0 Å². The maximum absolute atomic E-state index is 12.8. The molecule has 8 nitrogen and oxygen atoms in total. The molecule has 0 saturated heterocycles. The van der Waals surface area contributed by atoms with Gasteiger partial charge in [0.15, 0.2) is 6.10 Å². The summed E-state index contributed by atoms with van der Waals surface area (Å²) in [7, 11) is 1.26. The Bertz CT molecular complexity index is 1000. The number of aromatic amines is 1. The highest BCUT2D eigenvalue weighted by atomic mass is 32.1. The van der Waals surface area contributed by atoms with E-state index in [1.165, 1.54) is 32.3 Å². The van der Waals surface area contributed by atoms with E-state index in [4.69, 9.17) is 9.47 Å². The molecule has 0 spiro atoms. The zero-order chi connectivity index (χ0) is 22.0. The van der Waals surface area contributed by atoms with Gasteiger partial charge >= 0.3 is 11.9 Å². The second-order valence-corrected chi connectivity index (χ2v) is 7.92. The van der Waals surface area contributed by atoms with Gasteiger partial charge in [-0.1, -0.05) is 0 Å². The van der Waals surface area contributed by atoms with E-state index in [1.54, 1.807) is 20.8 Å². The van der Waals surface area contributed by atoms with Crippen LogP contribution in [0.5, 0.6) is 0 Å². The van der Waals surface area contributed by atoms with Crippen LogP contribution in [0.25, 0.3) is 0 Å². The molecular formula is C20H24N2O6S. The van der Waals surface area contributed by atoms with Crippen LogP contribution in [0.4, 0.5) is 5.00 Å². The summed E-state index contributed by atoms with van der Waals surface area (Å²) < 4.78 is 10.1. The third-order valence-corrected chi connectivity index (χ3v) is 5.73. The van der Waals surface area contributed by atoms with Crippen molar-refractivity contribution >= 4 is 40.0 Å². The largest absolute Gasteiger partial charge is 0.465 e. The number of aryl methyl sites for hydroxylation is 2. The summed E-state index contributed by atoms with van der Waals surface area (Å²) in [6.07, 6.45) is -1.10. The van der Waals surface area contributed by atoms with Gasteiger partial charge in [-0.3, -0.25) is 9.59 Å². The number of thiophene rings is 1. The molecule has 29 heavy (non-hydrogen) atoms. The van der Waals surface area contributed by atoms with Gasteiger partial charge in [-0.15, -0.1) is 11.3 Å². The molecule has 0 aromatic carbocycles. The van der Waals surface area contributed by atoms with E-state index in [2.05, 4.69) is 10.3 Å². The minimum atomic E-state index is -1.10. The summed E-state index contributed by atoms with van der Waals surface area (Å²) in [6, 6.07) is 0. The van der Waals surface area contributed by atoms with Crippen LogP contribution in [0.3, 0.4) is 0 Å². The molecule has 1 atom stereocenters. The number of amides is 1. The van der Waals surface area contributed by atoms with Gasteiger partial charge in [0, 0.05) is 17.5 Å². The van der Waals surface area contributed by atoms with E-state index in [1.807, 2.05) is 6.92 Å². The lowest BCUT2D eigenvalue weighted by Crippen LogP contribution is -2.26. The van der Waals surface area contributed by atoms with Gasteiger partial charge in [-0.25, -0.2) is 9.59 Å². The third-order valence-electron chi connectivity index (χ3n) is 4.61. The molecule has 156 valence electrons. The zero-order valence-electron chi connectivity index (χ0n) is 17.4. The van der Waals surface area contributed by atoms with Crippen LogP contribution in [-0.4, -0.2) is 41.8 Å². The molecule has 0 aliphatic heterocycles. The lowest BCUT2D eigenvalue weighted by molar-refractivity contribution is -0.114. The van der Waals surface area contributed by atoms with E-state index in [0.717, 1.165) is 4.88 Å². The van der Waals surface area contributed by atoms with Crippen molar-refractivity contribution in [3.63, 3.8) is 0 Å². The van der Waals surface area contributed by atoms with Gasteiger partial charge in [-0.2, -0.15) is 0 Å². The van der Waals surface area contributed by atoms with Gasteiger partial charge in [0.05, 0.1) is 23.9 Å². The van der Waals surface area contributed by atoms with Gasteiger partial charge in [0.25, 0.3) is 0 Å². The molecule has 0 bridgehead atoms. The Morgan fingerprint density at radius 3 is 2.17 bits per heavy atom. The number of rotatable bonds is 6. The van der Waals surface area contributed by atoms with Gasteiger partial charge in [-0.05, 0) is 45.7 Å². The monoisotopic (exact) mass is 420 g/mol. The first-order chi connectivity index (χ1) is 13.5. The molecule has 2 heterocycles. The number of ketones is 1. The van der Waals surface area contributed by atoms with Crippen molar-refractivity contribution in [3.05, 3.63) is 38.5 Å². The smallest absolute Gasteiger partial charge is 0.342 e. The third kappa shape index (κ3) is 4.40. The number of hydrogen-bond acceptors (Lipinski definition) is 7. The van der Waals surface area contributed by atoms with Crippen LogP contribution in [0, 0.1) is 27.7 Å². The number of methoxy groups -OCH3 is 1. The molecule has 2 rings (SSSR count). The molecule has 1 amide bonds. The maximum atomic E-state index is 12.8. The maximum Gasteiger partial charge on any atom is 0.342 e. The summed E-state index contributed by atoms with van der Waals surface area (Å²) >= 11 is 1.27. The number of esters is 2. The number of ether oxygens (including phenoxy) is 2. The molecule has 9 heteroatoms. The topological polar surface area (TPSA) is 115 Å². The Morgan fingerprint density at radius 2 is 1.62 bits per heavy atom. The van der Waals surface area contributed by atoms with Crippen molar-refractivity contribution in [2.45, 2.75) is 47.6 Å². The molecule has 0 radical (unpaired) electrons. The Morgan fingerprint density at radius 1 is 1.00 bits per heavy atom. The summed E-state index contributed by atoms with van der Waals surface area (Å²) in [6.45, 7) is 9.67. The Balaban J connectivity index is 2.28. The lowest BCUT2D eigenvalue weighted by atomic mass is 10.1. The summed E-state index contributed by atoms with van der Waals surface area (Å²) in [5.41, 5.74) is 2.31. The SMILES string of the molecule is COC(=O)c1c(C)[nH]c(C(=O)C(C)OC(=O)c2c(NC(C)=O)sc(C)c2C)c1C. The van der Waals surface area contributed by atoms with Crippen molar-refractivity contribution < 1.29 is 28.7 Å². The van der Waals surface area contributed by atoms with E-state index < -0.39 is 23.8 Å². The van der Waals surface area contributed by atoms with E-state index in [-0.39, 0.29) is 22.7 Å². The molecular weight excluding hydrogens is 396 g/mol. The first-order valence-corrected chi connectivity index (χ1v) is 9.71. The van der Waals surface area contributed by atoms with Crippen molar-refractivity contribution in [2.24, 2.45) is 0 Å². The number of hydrogen-bond donors (Lipinski definition) is 2. The predicted octanol–water partition coefficient (Wildman–Crippen LogP) is 3.48. The highest BCUT2D eigenvalue weighted by molar-refractivity contribution is 7.16. The van der Waals surface area contributed by atoms with Crippen LogP contribution >= 0.6 is 11.3 Å². The molecule has 1 unspecified atom stereocenters. The van der Waals surface area contributed by atoms with Gasteiger partial charge in [0.1, 0.15) is 5.00 Å². The Kier molecular flexibility index (Phi) is 6.63. The summed E-state index contributed by atoms with van der Waals surface area (Å²) in [5.74, 6) is -2.04. The second-order valence-electron chi connectivity index (χ2n) is 6.70. The minimum Gasteiger partial charge on any atom is -0.465 e. The Labute approximate surface area is 172 Å². The lowest BCUT2D eigenvalue weighted by Gasteiger charge is -2.13. The predicted molar refractivity (Wildman–Crippen MR) is 109 cm³/mol. The number of H-pyrrole nitrogens is 1. The molecule has 0 saturated carbocycles. The van der Waals surface area contributed by atoms with Crippen molar-refractivity contribution in [2.75, 3.05) is 12.4 Å².